The average molecular weight is 223 g/mol. The van der Waals surface area contributed by atoms with E-state index in [0.29, 0.717) is 18.5 Å². The highest BCUT2D eigenvalue weighted by molar-refractivity contribution is 5.93. The molecule has 1 aromatic heterocycles. The van der Waals surface area contributed by atoms with Crippen molar-refractivity contribution in [2.45, 2.75) is 12.8 Å². The Bertz CT molecular complexity index is 367. The molecule has 86 valence electrons. The smallest absolute Gasteiger partial charge is 0.303 e. The van der Waals surface area contributed by atoms with Crippen LogP contribution in [-0.4, -0.2) is 45.7 Å². The lowest BCUT2D eigenvalue weighted by Crippen LogP contribution is -2.28. The molecule has 1 heterocycles. The number of nitrogens with zero attached hydrogens (tertiary/aromatic N) is 3. The fourth-order valence-corrected chi connectivity index (χ4v) is 1.21. The van der Waals surface area contributed by atoms with Crippen LogP contribution < -0.4 is 0 Å². The van der Waals surface area contributed by atoms with Crippen LogP contribution in [0.4, 0.5) is 0 Å². The van der Waals surface area contributed by atoms with Gasteiger partial charge in [-0.1, -0.05) is 0 Å². The molecule has 6 nitrogen and oxygen atoms in total. The highest BCUT2D eigenvalue weighted by atomic mass is 16.4. The van der Waals surface area contributed by atoms with Crippen molar-refractivity contribution in [3.05, 3.63) is 24.0 Å². The van der Waals surface area contributed by atoms with Crippen LogP contribution in [0.1, 0.15) is 23.2 Å². The molecule has 0 aromatic carbocycles. The lowest BCUT2D eigenvalue weighted by Gasteiger charge is -2.15. The van der Waals surface area contributed by atoms with Crippen LogP contribution >= 0.6 is 0 Å². The molecular weight excluding hydrogens is 210 g/mol. The van der Waals surface area contributed by atoms with Gasteiger partial charge in [0.25, 0.3) is 5.91 Å². The minimum absolute atomic E-state index is 0.0617. The number of carboxylic acid groups (broad SMARTS) is 1. The fraction of sp³-hybridized carbons (Fsp3) is 0.400. The van der Waals surface area contributed by atoms with Gasteiger partial charge in [-0.15, -0.1) is 0 Å². The molecule has 0 bridgehead atoms. The summed E-state index contributed by atoms with van der Waals surface area (Å²) in [4.78, 5) is 23.5. The van der Waals surface area contributed by atoms with Gasteiger partial charge in [0, 0.05) is 20.0 Å². The summed E-state index contributed by atoms with van der Waals surface area (Å²) in [6, 6.07) is 1.57. The Labute approximate surface area is 92.9 Å². The van der Waals surface area contributed by atoms with E-state index >= 15 is 0 Å². The minimum atomic E-state index is -0.855. The minimum Gasteiger partial charge on any atom is -0.481 e. The van der Waals surface area contributed by atoms with Crippen molar-refractivity contribution in [2.75, 3.05) is 13.6 Å². The van der Waals surface area contributed by atoms with Crippen LogP contribution in [0.2, 0.25) is 0 Å². The SMILES string of the molecule is CN(CCCC(=O)O)C(=O)c1ccnnc1. The van der Waals surface area contributed by atoms with Gasteiger partial charge in [-0.25, -0.2) is 0 Å². The van der Waals surface area contributed by atoms with E-state index in [4.69, 9.17) is 5.11 Å². The van der Waals surface area contributed by atoms with E-state index < -0.39 is 5.97 Å². The zero-order valence-electron chi connectivity index (χ0n) is 8.96. The highest BCUT2D eigenvalue weighted by Crippen LogP contribution is 2.01. The molecule has 0 saturated heterocycles. The third-order valence-electron chi connectivity index (χ3n) is 2.06. The van der Waals surface area contributed by atoms with Gasteiger partial charge < -0.3 is 10.0 Å². The first kappa shape index (κ1) is 12.1. The third-order valence-corrected chi connectivity index (χ3v) is 2.06. The molecule has 0 atom stereocenters. The van der Waals surface area contributed by atoms with Crippen LogP contribution in [0.5, 0.6) is 0 Å². The molecule has 0 aliphatic rings. The fourth-order valence-electron chi connectivity index (χ4n) is 1.21. The Morgan fingerprint density at radius 3 is 2.75 bits per heavy atom. The Balaban J connectivity index is 2.45. The number of hydrogen-bond acceptors (Lipinski definition) is 4. The quantitative estimate of drug-likeness (QED) is 0.781. The molecule has 6 heteroatoms. The largest absolute Gasteiger partial charge is 0.481 e. The summed E-state index contributed by atoms with van der Waals surface area (Å²) in [5.74, 6) is -1.04. The summed E-state index contributed by atoms with van der Waals surface area (Å²) in [5, 5.41) is 15.6. The maximum atomic E-state index is 11.7. The van der Waals surface area contributed by atoms with Crippen LogP contribution in [0.25, 0.3) is 0 Å². The van der Waals surface area contributed by atoms with Crippen molar-refractivity contribution in [3.63, 3.8) is 0 Å². The second kappa shape index (κ2) is 5.79. The molecule has 0 fully saturated rings. The summed E-state index contributed by atoms with van der Waals surface area (Å²) < 4.78 is 0. The summed E-state index contributed by atoms with van der Waals surface area (Å²) in [6.07, 6.45) is 3.33. The third kappa shape index (κ3) is 3.64. The van der Waals surface area contributed by atoms with E-state index in [9.17, 15) is 9.59 Å². The van der Waals surface area contributed by atoms with Gasteiger partial charge in [-0.05, 0) is 12.5 Å². The molecule has 0 radical (unpaired) electrons. The first-order valence-electron chi connectivity index (χ1n) is 4.85. The molecule has 1 aromatic rings. The first-order chi connectivity index (χ1) is 7.61. The number of carbonyl (C=O) groups excluding carboxylic acids is 1. The number of aromatic nitrogens is 2. The molecule has 0 saturated carbocycles. The molecule has 0 unspecified atom stereocenters. The molecule has 1 amide bonds. The van der Waals surface area contributed by atoms with Crippen molar-refractivity contribution in [1.29, 1.82) is 0 Å². The van der Waals surface area contributed by atoms with Gasteiger partial charge in [0.05, 0.1) is 18.0 Å². The van der Waals surface area contributed by atoms with E-state index in [0.717, 1.165) is 0 Å². The van der Waals surface area contributed by atoms with Gasteiger partial charge >= 0.3 is 5.97 Å². The van der Waals surface area contributed by atoms with Crippen LogP contribution in [0.3, 0.4) is 0 Å². The van der Waals surface area contributed by atoms with E-state index in [2.05, 4.69) is 10.2 Å². The predicted molar refractivity (Wildman–Crippen MR) is 55.9 cm³/mol. The number of rotatable bonds is 5. The number of amides is 1. The number of hydrogen-bond donors (Lipinski definition) is 1. The number of aliphatic carboxylic acids is 1. The highest BCUT2D eigenvalue weighted by Gasteiger charge is 2.11. The van der Waals surface area contributed by atoms with Gasteiger partial charge in [0.2, 0.25) is 0 Å². The van der Waals surface area contributed by atoms with E-state index in [1.807, 2.05) is 0 Å². The summed E-state index contributed by atoms with van der Waals surface area (Å²) in [7, 11) is 1.63. The van der Waals surface area contributed by atoms with Crippen molar-refractivity contribution in [3.8, 4) is 0 Å². The Kier molecular flexibility index (Phi) is 4.38. The van der Waals surface area contributed by atoms with Crippen molar-refractivity contribution in [1.82, 2.24) is 15.1 Å². The molecule has 0 spiro atoms. The maximum absolute atomic E-state index is 11.7. The normalized spacial score (nSPS) is 9.81. The van der Waals surface area contributed by atoms with Gasteiger partial charge in [-0.3, -0.25) is 9.59 Å². The number of carboxylic acids is 1. The Morgan fingerprint density at radius 1 is 1.44 bits per heavy atom. The van der Waals surface area contributed by atoms with Gasteiger partial charge in [0.15, 0.2) is 0 Å². The zero-order valence-corrected chi connectivity index (χ0v) is 8.96. The van der Waals surface area contributed by atoms with Crippen LogP contribution in [-0.2, 0) is 4.79 Å². The van der Waals surface area contributed by atoms with Crippen LogP contribution in [0.15, 0.2) is 18.5 Å². The monoisotopic (exact) mass is 223 g/mol. The zero-order chi connectivity index (χ0) is 12.0. The maximum Gasteiger partial charge on any atom is 0.303 e. The van der Waals surface area contributed by atoms with Crippen molar-refractivity contribution < 1.29 is 14.7 Å². The molecular formula is C10H13N3O3. The molecule has 16 heavy (non-hydrogen) atoms. The molecule has 1 N–H and O–H groups in total. The van der Waals surface area contributed by atoms with E-state index in [1.54, 1.807) is 13.1 Å². The molecule has 0 aliphatic carbocycles. The van der Waals surface area contributed by atoms with E-state index in [1.165, 1.54) is 17.3 Å². The van der Waals surface area contributed by atoms with E-state index in [-0.39, 0.29) is 12.3 Å². The second-order valence-electron chi connectivity index (χ2n) is 3.36. The van der Waals surface area contributed by atoms with Gasteiger partial charge in [-0.2, -0.15) is 10.2 Å². The lowest BCUT2D eigenvalue weighted by atomic mass is 10.2. The summed E-state index contributed by atoms with van der Waals surface area (Å²) >= 11 is 0. The number of carbonyl (C=O) groups is 2. The molecule has 1 rings (SSSR count). The van der Waals surface area contributed by atoms with Crippen LogP contribution in [0, 0.1) is 0 Å². The Hall–Kier alpha value is -1.98. The van der Waals surface area contributed by atoms with Crippen molar-refractivity contribution in [2.24, 2.45) is 0 Å². The van der Waals surface area contributed by atoms with Crippen molar-refractivity contribution >= 4 is 11.9 Å². The molecule has 0 aliphatic heterocycles. The average Bonchev–Trinajstić information content (AvgIpc) is 2.28. The standard InChI is InChI=1S/C10H13N3O3/c1-13(6-2-3-9(14)15)10(16)8-4-5-11-12-7-8/h4-5,7H,2-3,6H2,1H3,(H,14,15). The topological polar surface area (TPSA) is 83.4 Å². The Morgan fingerprint density at radius 2 is 2.19 bits per heavy atom. The van der Waals surface area contributed by atoms with Gasteiger partial charge in [0.1, 0.15) is 0 Å². The summed E-state index contributed by atoms with van der Waals surface area (Å²) in [5.41, 5.74) is 0.452. The second-order valence-corrected chi connectivity index (χ2v) is 3.36. The summed E-state index contributed by atoms with van der Waals surface area (Å²) in [6.45, 7) is 0.410. The predicted octanol–water partition coefficient (Wildman–Crippen LogP) is 0.413. The first-order valence-corrected chi connectivity index (χ1v) is 4.85. The lowest BCUT2D eigenvalue weighted by molar-refractivity contribution is -0.137.